The number of nitrogens with zero attached hydrogens (tertiary/aromatic N) is 1. The Morgan fingerprint density at radius 3 is 2.63 bits per heavy atom. The summed E-state index contributed by atoms with van der Waals surface area (Å²) in [5.41, 5.74) is 6.71. The number of para-hydroxylation sites is 1. The topological polar surface area (TPSA) is 130 Å². The average molecular weight is 408 g/mol. The lowest BCUT2D eigenvalue weighted by atomic mass is 9.80. The van der Waals surface area contributed by atoms with Crippen molar-refractivity contribution in [2.24, 2.45) is 11.8 Å². The fraction of sp³-hybridized carbons (Fsp3) is 0.318. The molecule has 1 aliphatic heterocycles. The van der Waals surface area contributed by atoms with E-state index < -0.39 is 29.2 Å². The Kier molecular flexibility index (Phi) is 5.41. The van der Waals surface area contributed by atoms with Gasteiger partial charge in [0.05, 0.1) is 22.9 Å². The Morgan fingerprint density at radius 1 is 1.17 bits per heavy atom. The van der Waals surface area contributed by atoms with Gasteiger partial charge in [0, 0.05) is 12.2 Å². The van der Waals surface area contributed by atoms with Gasteiger partial charge in [-0.15, -0.1) is 0 Å². The molecule has 0 spiro atoms. The minimum atomic E-state index is -0.872. The SMILES string of the molecule is Nc1ccc(C(CC2CCNCC2C(=O)O)n2c(=O)[nH]c3ccccc3c2=O)cc1. The van der Waals surface area contributed by atoms with E-state index in [1.54, 1.807) is 48.5 Å². The van der Waals surface area contributed by atoms with Crippen LogP contribution in [0.15, 0.2) is 58.1 Å². The highest BCUT2D eigenvalue weighted by atomic mass is 16.4. The van der Waals surface area contributed by atoms with Crippen LogP contribution >= 0.6 is 0 Å². The van der Waals surface area contributed by atoms with E-state index in [0.29, 0.717) is 42.5 Å². The molecule has 30 heavy (non-hydrogen) atoms. The van der Waals surface area contributed by atoms with Crippen molar-refractivity contribution in [2.75, 3.05) is 18.8 Å². The Bertz CT molecular complexity index is 1180. The number of carboxylic acid groups (broad SMARTS) is 1. The van der Waals surface area contributed by atoms with Gasteiger partial charge in [-0.25, -0.2) is 4.79 Å². The van der Waals surface area contributed by atoms with Gasteiger partial charge in [0.2, 0.25) is 0 Å². The molecule has 0 aliphatic carbocycles. The van der Waals surface area contributed by atoms with E-state index in [9.17, 15) is 19.5 Å². The number of aromatic nitrogens is 2. The third-order valence-corrected chi connectivity index (χ3v) is 5.94. The number of aromatic amines is 1. The summed E-state index contributed by atoms with van der Waals surface area (Å²) in [6.07, 6.45) is 1.02. The first-order valence-corrected chi connectivity index (χ1v) is 9.98. The molecule has 5 N–H and O–H groups in total. The van der Waals surface area contributed by atoms with E-state index in [0.717, 1.165) is 5.56 Å². The van der Waals surface area contributed by atoms with Crippen LogP contribution in [0.3, 0.4) is 0 Å². The molecule has 8 nitrogen and oxygen atoms in total. The molecule has 2 heterocycles. The molecule has 1 aliphatic rings. The maximum absolute atomic E-state index is 13.3. The molecular weight excluding hydrogens is 384 g/mol. The lowest BCUT2D eigenvalue weighted by Crippen LogP contribution is -2.44. The second-order valence-corrected chi connectivity index (χ2v) is 7.77. The lowest BCUT2D eigenvalue weighted by molar-refractivity contribution is -0.144. The molecule has 3 atom stereocenters. The van der Waals surface area contributed by atoms with E-state index in [1.165, 1.54) is 4.57 Å². The molecule has 0 radical (unpaired) electrons. The summed E-state index contributed by atoms with van der Waals surface area (Å²) in [6, 6.07) is 13.3. The Balaban J connectivity index is 1.85. The van der Waals surface area contributed by atoms with E-state index in [1.807, 2.05) is 0 Å². The number of nitrogens with two attached hydrogens (primary N) is 1. The van der Waals surface area contributed by atoms with Crippen molar-refractivity contribution < 1.29 is 9.90 Å². The Labute approximate surface area is 172 Å². The van der Waals surface area contributed by atoms with Crippen LogP contribution in [0.25, 0.3) is 10.9 Å². The highest BCUT2D eigenvalue weighted by Crippen LogP contribution is 2.32. The van der Waals surface area contributed by atoms with Crippen LogP contribution in [0.4, 0.5) is 5.69 Å². The molecule has 156 valence electrons. The number of carboxylic acids is 1. The molecule has 1 saturated heterocycles. The van der Waals surface area contributed by atoms with Crippen molar-refractivity contribution in [3.8, 4) is 0 Å². The van der Waals surface area contributed by atoms with E-state index in [-0.39, 0.29) is 5.92 Å². The first kappa shape index (κ1) is 19.9. The van der Waals surface area contributed by atoms with Crippen molar-refractivity contribution in [1.82, 2.24) is 14.9 Å². The predicted octanol–water partition coefficient (Wildman–Crippen LogP) is 1.56. The number of rotatable bonds is 5. The van der Waals surface area contributed by atoms with E-state index in [4.69, 9.17) is 5.73 Å². The monoisotopic (exact) mass is 408 g/mol. The van der Waals surface area contributed by atoms with Crippen molar-refractivity contribution in [2.45, 2.75) is 18.9 Å². The zero-order chi connectivity index (χ0) is 21.3. The number of benzene rings is 2. The third kappa shape index (κ3) is 3.73. The highest BCUT2D eigenvalue weighted by molar-refractivity contribution is 5.77. The van der Waals surface area contributed by atoms with Crippen LogP contribution in [-0.4, -0.2) is 33.7 Å². The molecule has 0 amide bonds. The zero-order valence-corrected chi connectivity index (χ0v) is 16.4. The molecule has 2 aromatic carbocycles. The smallest absolute Gasteiger partial charge is 0.329 e. The number of fused-ring (bicyclic) bond motifs is 1. The molecule has 3 aromatic rings. The standard InChI is InChI=1S/C22H24N4O4/c23-15-7-5-13(6-8-15)19(11-14-9-10-24-12-17(14)21(28)29)26-20(27)16-3-1-2-4-18(16)25-22(26)30/h1-8,14,17,19,24H,9-12,23H2,(H,25,30)(H,28,29). The maximum atomic E-state index is 13.3. The van der Waals surface area contributed by atoms with Gasteiger partial charge in [-0.05, 0) is 55.1 Å². The summed E-state index contributed by atoms with van der Waals surface area (Å²) >= 11 is 0. The van der Waals surface area contributed by atoms with Gasteiger partial charge in [0.1, 0.15) is 0 Å². The van der Waals surface area contributed by atoms with Crippen molar-refractivity contribution >= 4 is 22.6 Å². The fourth-order valence-electron chi connectivity index (χ4n) is 4.34. The molecular formula is C22H24N4O4. The van der Waals surface area contributed by atoms with Crippen LogP contribution in [0.5, 0.6) is 0 Å². The van der Waals surface area contributed by atoms with Crippen molar-refractivity contribution in [1.29, 1.82) is 0 Å². The van der Waals surface area contributed by atoms with Crippen LogP contribution < -0.4 is 22.3 Å². The van der Waals surface area contributed by atoms with Crippen LogP contribution in [0.2, 0.25) is 0 Å². The van der Waals surface area contributed by atoms with Crippen molar-refractivity contribution in [3.05, 3.63) is 74.9 Å². The number of H-pyrrole nitrogens is 1. The van der Waals surface area contributed by atoms with Crippen LogP contribution in [-0.2, 0) is 4.79 Å². The maximum Gasteiger partial charge on any atom is 0.329 e. The molecule has 3 unspecified atom stereocenters. The van der Waals surface area contributed by atoms with Crippen LogP contribution in [0, 0.1) is 11.8 Å². The Hall–Kier alpha value is -3.39. The number of hydrogen-bond donors (Lipinski definition) is 4. The van der Waals surface area contributed by atoms with Gasteiger partial charge in [0.25, 0.3) is 5.56 Å². The number of nitrogens with one attached hydrogen (secondary N) is 2. The summed E-state index contributed by atoms with van der Waals surface area (Å²) in [5.74, 6) is -1.63. The van der Waals surface area contributed by atoms with E-state index >= 15 is 0 Å². The fourth-order valence-corrected chi connectivity index (χ4v) is 4.34. The van der Waals surface area contributed by atoms with Gasteiger partial charge in [-0.2, -0.15) is 0 Å². The first-order valence-electron chi connectivity index (χ1n) is 9.98. The van der Waals surface area contributed by atoms with E-state index in [2.05, 4.69) is 10.3 Å². The normalized spacial score (nSPS) is 20.1. The molecule has 0 saturated carbocycles. The summed E-state index contributed by atoms with van der Waals surface area (Å²) in [7, 11) is 0. The van der Waals surface area contributed by atoms with Gasteiger partial charge in [0.15, 0.2) is 0 Å². The summed E-state index contributed by atoms with van der Waals surface area (Å²) in [6.45, 7) is 1.07. The van der Waals surface area contributed by atoms with Gasteiger partial charge in [-0.1, -0.05) is 24.3 Å². The number of anilines is 1. The number of piperidine rings is 1. The molecule has 1 aromatic heterocycles. The predicted molar refractivity (Wildman–Crippen MR) is 115 cm³/mol. The summed E-state index contributed by atoms with van der Waals surface area (Å²) < 4.78 is 1.22. The summed E-state index contributed by atoms with van der Waals surface area (Å²) in [5, 5.41) is 13.2. The largest absolute Gasteiger partial charge is 0.481 e. The molecule has 1 fully saturated rings. The second-order valence-electron chi connectivity index (χ2n) is 7.77. The highest BCUT2D eigenvalue weighted by Gasteiger charge is 2.34. The summed E-state index contributed by atoms with van der Waals surface area (Å²) in [4.78, 5) is 40.8. The molecule has 0 bridgehead atoms. The molecule has 4 rings (SSSR count). The number of hydrogen-bond acceptors (Lipinski definition) is 5. The van der Waals surface area contributed by atoms with Gasteiger partial charge < -0.3 is 21.1 Å². The molecule has 8 heteroatoms. The number of carbonyl (C=O) groups is 1. The number of aliphatic carboxylic acids is 1. The lowest BCUT2D eigenvalue weighted by Gasteiger charge is -2.32. The first-order chi connectivity index (χ1) is 14.5. The minimum absolute atomic E-state index is 0.177. The average Bonchev–Trinajstić information content (AvgIpc) is 2.74. The minimum Gasteiger partial charge on any atom is -0.481 e. The van der Waals surface area contributed by atoms with Gasteiger partial charge in [-0.3, -0.25) is 14.2 Å². The Morgan fingerprint density at radius 2 is 1.90 bits per heavy atom. The number of nitrogen functional groups attached to an aromatic ring is 1. The quantitative estimate of drug-likeness (QED) is 0.474. The van der Waals surface area contributed by atoms with Crippen molar-refractivity contribution in [3.63, 3.8) is 0 Å². The van der Waals surface area contributed by atoms with Crippen LogP contribution in [0.1, 0.15) is 24.4 Å². The third-order valence-electron chi connectivity index (χ3n) is 5.94. The second kappa shape index (κ2) is 8.16. The van der Waals surface area contributed by atoms with Gasteiger partial charge >= 0.3 is 11.7 Å². The zero-order valence-electron chi connectivity index (χ0n) is 16.4.